The van der Waals surface area contributed by atoms with Crippen LogP contribution in [-0.2, 0) is 16.0 Å². The van der Waals surface area contributed by atoms with Crippen molar-refractivity contribution >= 4 is 39.9 Å². The van der Waals surface area contributed by atoms with E-state index in [-0.39, 0.29) is 28.8 Å². The number of furan rings is 1. The van der Waals surface area contributed by atoms with Crippen molar-refractivity contribution in [1.82, 2.24) is 15.5 Å². The van der Waals surface area contributed by atoms with E-state index >= 15 is 0 Å². The average Bonchev–Trinajstić information content (AvgIpc) is 3.60. The number of thioether (sulfide) groups is 1. The maximum absolute atomic E-state index is 13.1. The molecule has 0 spiro atoms. The SMILES string of the molecule is N#CC1=C(N)N(c2nnc(SCC(=O)NCCc3ccccc3)s2)C2=C(C(=O)CCC2)C1c1ccco1. The Bertz CT molecular complexity index is 1410. The molecule has 0 radical (unpaired) electrons. The van der Waals surface area contributed by atoms with Gasteiger partial charge in [0.05, 0.1) is 29.6 Å². The molecule has 1 atom stereocenters. The third-order valence-electron chi connectivity index (χ3n) is 6.23. The van der Waals surface area contributed by atoms with Crippen LogP contribution in [0.4, 0.5) is 5.13 Å². The number of hydrogen-bond donors (Lipinski definition) is 2. The lowest BCUT2D eigenvalue weighted by Gasteiger charge is -2.37. The van der Waals surface area contributed by atoms with E-state index in [1.807, 2.05) is 30.3 Å². The Morgan fingerprint density at radius 2 is 2.08 bits per heavy atom. The number of rotatable bonds is 8. The van der Waals surface area contributed by atoms with Gasteiger partial charge < -0.3 is 15.5 Å². The smallest absolute Gasteiger partial charge is 0.230 e. The highest BCUT2D eigenvalue weighted by Crippen LogP contribution is 2.47. The monoisotopic (exact) mass is 532 g/mol. The van der Waals surface area contributed by atoms with E-state index in [0.717, 1.165) is 17.7 Å². The fraction of sp³-hybridized carbons (Fsp3) is 0.269. The molecule has 5 rings (SSSR count). The van der Waals surface area contributed by atoms with Crippen molar-refractivity contribution < 1.29 is 14.0 Å². The molecule has 1 aliphatic carbocycles. The van der Waals surface area contributed by atoms with Gasteiger partial charge in [-0.05, 0) is 37.0 Å². The number of allylic oxidation sites excluding steroid dienone is 3. The van der Waals surface area contributed by atoms with Gasteiger partial charge in [0.1, 0.15) is 11.6 Å². The zero-order valence-corrected chi connectivity index (χ0v) is 21.5. The Labute approximate surface area is 222 Å². The van der Waals surface area contributed by atoms with E-state index in [1.165, 1.54) is 29.4 Å². The number of amides is 1. The molecule has 1 aliphatic heterocycles. The van der Waals surface area contributed by atoms with Gasteiger partial charge in [0.25, 0.3) is 0 Å². The van der Waals surface area contributed by atoms with Gasteiger partial charge in [-0.1, -0.05) is 53.4 Å². The Morgan fingerprint density at radius 1 is 1.24 bits per heavy atom. The number of carbonyl (C=O) groups excluding carboxylic acids is 2. The van der Waals surface area contributed by atoms with Gasteiger partial charge in [0, 0.05) is 24.2 Å². The van der Waals surface area contributed by atoms with Crippen molar-refractivity contribution in [2.24, 2.45) is 5.73 Å². The molecule has 1 amide bonds. The van der Waals surface area contributed by atoms with Crippen molar-refractivity contribution in [3.63, 3.8) is 0 Å². The van der Waals surface area contributed by atoms with Crippen molar-refractivity contribution in [3.05, 3.63) is 82.7 Å². The van der Waals surface area contributed by atoms with Crippen LogP contribution in [0.3, 0.4) is 0 Å². The van der Waals surface area contributed by atoms with E-state index in [9.17, 15) is 14.9 Å². The minimum Gasteiger partial charge on any atom is -0.468 e. The zero-order valence-electron chi connectivity index (χ0n) is 19.8. The van der Waals surface area contributed by atoms with Gasteiger partial charge in [0.15, 0.2) is 10.1 Å². The second kappa shape index (κ2) is 11.0. The van der Waals surface area contributed by atoms with Crippen molar-refractivity contribution in [3.8, 4) is 6.07 Å². The first-order chi connectivity index (χ1) is 18.1. The number of nitrogens with zero attached hydrogens (tertiary/aromatic N) is 4. The van der Waals surface area contributed by atoms with E-state index in [2.05, 4.69) is 21.6 Å². The van der Waals surface area contributed by atoms with E-state index in [4.69, 9.17) is 10.2 Å². The molecule has 0 fully saturated rings. The highest BCUT2D eigenvalue weighted by molar-refractivity contribution is 8.01. The molecule has 37 heavy (non-hydrogen) atoms. The molecule has 1 aromatic carbocycles. The number of carbonyl (C=O) groups is 2. The van der Waals surface area contributed by atoms with Gasteiger partial charge >= 0.3 is 0 Å². The number of ketones is 1. The lowest BCUT2D eigenvalue weighted by molar-refractivity contribution is -0.118. The first-order valence-corrected chi connectivity index (χ1v) is 13.6. The number of nitrogens with one attached hydrogen (secondary N) is 1. The molecule has 3 aromatic rings. The number of anilines is 1. The maximum atomic E-state index is 13.1. The largest absolute Gasteiger partial charge is 0.468 e. The van der Waals surface area contributed by atoms with Crippen molar-refractivity contribution in [2.45, 2.75) is 35.9 Å². The standard InChI is InChI=1S/C26H24N6O3S2/c27-14-17-22(20-10-5-13-35-20)23-18(8-4-9-19(23)33)32(24(17)28)25-30-31-26(37-25)36-15-21(34)29-12-11-16-6-2-1-3-7-16/h1-3,5-7,10,13,22H,4,8-9,11-12,15,28H2,(H,29,34). The average molecular weight is 533 g/mol. The summed E-state index contributed by atoms with van der Waals surface area (Å²) in [4.78, 5) is 27.0. The maximum Gasteiger partial charge on any atom is 0.230 e. The molecule has 0 saturated carbocycles. The zero-order chi connectivity index (χ0) is 25.8. The molecule has 2 aliphatic rings. The first kappa shape index (κ1) is 24.8. The Morgan fingerprint density at radius 3 is 2.84 bits per heavy atom. The molecule has 9 nitrogen and oxygen atoms in total. The Hall–Kier alpha value is -3.88. The number of aromatic nitrogens is 2. The van der Waals surface area contributed by atoms with Crippen LogP contribution in [0.1, 0.15) is 36.5 Å². The summed E-state index contributed by atoms with van der Waals surface area (Å²) in [5.74, 6) is 0.161. The van der Waals surface area contributed by atoms with Crippen LogP contribution >= 0.6 is 23.1 Å². The third kappa shape index (κ3) is 5.16. The van der Waals surface area contributed by atoms with E-state index in [0.29, 0.717) is 46.6 Å². The number of Topliss-reactive ketones (excluding diaryl/α,β-unsaturated/α-hetero) is 1. The van der Waals surface area contributed by atoms with Crippen LogP contribution in [0.5, 0.6) is 0 Å². The van der Waals surface area contributed by atoms with Crippen LogP contribution in [0.15, 0.2) is 80.1 Å². The summed E-state index contributed by atoms with van der Waals surface area (Å²) in [6.45, 7) is 0.554. The van der Waals surface area contributed by atoms with Crippen molar-refractivity contribution in [1.29, 1.82) is 5.26 Å². The summed E-state index contributed by atoms with van der Waals surface area (Å²) in [7, 11) is 0. The molecule has 11 heteroatoms. The number of benzene rings is 1. The predicted octanol–water partition coefficient (Wildman–Crippen LogP) is 3.89. The molecule has 1 unspecified atom stereocenters. The summed E-state index contributed by atoms with van der Waals surface area (Å²) >= 11 is 2.55. The fourth-order valence-electron chi connectivity index (χ4n) is 4.57. The first-order valence-electron chi connectivity index (χ1n) is 11.8. The van der Waals surface area contributed by atoms with Gasteiger partial charge in [0.2, 0.25) is 11.0 Å². The van der Waals surface area contributed by atoms with E-state index < -0.39 is 5.92 Å². The fourth-order valence-corrected chi connectivity index (χ4v) is 6.28. The lowest BCUT2D eigenvalue weighted by Crippen LogP contribution is -2.38. The Balaban J connectivity index is 1.31. The van der Waals surface area contributed by atoms with Gasteiger partial charge in [-0.2, -0.15) is 5.26 Å². The second-order valence-corrected chi connectivity index (χ2v) is 10.7. The summed E-state index contributed by atoms with van der Waals surface area (Å²) < 4.78 is 6.19. The number of nitriles is 1. The Kier molecular flexibility index (Phi) is 7.39. The minimum absolute atomic E-state index is 0.0285. The molecule has 0 bridgehead atoms. The van der Waals surface area contributed by atoms with Gasteiger partial charge in [-0.3, -0.25) is 14.5 Å². The van der Waals surface area contributed by atoms with E-state index in [1.54, 1.807) is 17.0 Å². The number of nitrogens with two attached hydrogens (primary N) is 1. The highest BCUT2D eigenvalue weighted by Gasteiger charge is 2.42. The highest BCUT2D eigenvalue weighted by atomic mass is 32.2. The van der Waals surface area contributed by atoms with Crippen LogP contribution in [0, 0.1) is 11.3 Å². The van der Waals surface area contributed by atoms with Crippen molar-refractivity contribution in [2.75, 3.05) is 17.2 Å². The lowest BCUT2D eigenvalue weighted by atomic mass is 9.78. The summed E-state index contributed by atoms with van der Waals surface area (Å²) in [6.07, 6.45) is 3.98. The molecule has 2 aromatic heterocycles. The molecular formula is C26H24N6O3S2. The normalized spacial score (nSPS) is 17.5. The topological polar surface area (TPSA) is 138 Å². The molecule has 0 saturated heterocycles. The van der Waals surface area contributed by atoms with Gasteiger partial charge in [-0.15, -0.1) is 10.2 Å². The molecule has 3 heterocycles. The minimum atomic E-state index is -0.639. The summed E-state index contributed by atoms with van der Waals surface area (Å²) in [6, 6.07) is 15.6. The molecule has 188 valence electrons. The third-order valence-corrected chi connectivity index (χ3v) is 8.28. The summed E-state index contributed by atoms with van der Waals surface area (Å²) in [5.41, 5.74) is 9.16. The van der Waals surface area contributed by atoms with Gasteiger partial charge in [-0.25, -0.2) is 0 Å². The van der Waals surface area contributed by atoms with Crippen LogP contribution in [0.25, 0.3) is 0 Å². The number of hydrogen-bond acceptors (Lipinski definition) is 10. The van der Waals surface area contributed by atoms with Crippen LogP contribution < -0.4 is 16.0 Å². The molecular weight excluding hydrogens is 508 g/mol. The second-order valence-electron chi connectivity index (χ2n) is 8.56. The summed E-state index contributed by atoms with van der Waals surface area (Å²) in [5, 5.41) is 21.9. The quantitative estimate of drug-likeness (QED) is 0.414. The van der Waals surface area contributed by atoms with Crippen LogP contribution in [-0.4, -0.2) is 34.2 Å². The molecule has 3 N–H and O–H groups in total. The predicted molar refractivity (Wildman–Crippen MR) is 140 cm³/mol. The van der Waals surface area contributed by atoms with Crippen LogP contribution in [0.2, 0.25) is 0 Å².